The highest BCUT2D eigenvalue weighted by atomic mass is 35.5. The Labute approximate surface area is 115 Å². The molecule has 0 aliphatic heterocycles. The number of nitrogens with two attached hydrogens (primary N) is 1. The molecule has 2 N–H and O–H groups in total. The molecule has 7 heteroatoms. The molecular formula is C11H16ClNO3S2. The second-order valence-corrected chi connectivity index (χ2v) is 8.08. The monoisotopic (exact) mass is 309 g/mol. The Hall–Kier alpha value is -0.590. The van der Waals surface area contributed by atoms with E-state index in [-0.39, 0.29) is 17.3 Å². The Balaban J connectivity index is 2.79. The quantitative estimate of drug-likeness (QED) is 0.814. The first-order chi connectivity index (χ1) is 8.37. The van der Waals surface area contributed by atoms with Gasteiger partial charge in [0.25, 0.3) is 0 Å². The van der Waals surface area contributed by atoms with Crippen molar-refractivity contribution in [1.82, 2.24) is 0 Å². The van der Waals surface area contributed by atoms with Crippen LogP contribution >= 0.6 is 11.6 Å². The lowest BCUT2D eigenvalue weighted by Gasteiger charge is -2.08. The van der Waals surface area contributed by atoms with Crippen LogP contribution in [0.5, 0.6) is 0 Å². The summed E-state index contributed by atoms with van der Waals surface area (Å²) in [6.45, 7) is 1.79. The van der Waals surface area contributed by atoms with Gasteiger partial charge in [0.15, 0.2) is 9.84 Å². The molecule has 0 spiro atoms. The van der Waals surface area contributed by atoms with E-state index in [2.05, 4.69) is 0 Å². The first kappa shape index (κ1) is 15.5. The van der Waals surface area contributed by atoms with Gasteiger partial charge in [-0.2, -0.15) is 0 Å². The second-order valence-electron chi connectivity index (χ2n) is 3.86. The van der Waals surface area contributed by atoms with Crippen LogP contribution < -0.4 is 5.73 Å². The number of anilines is 1. The summed E-state index contributed by atoms with van der Waals surface area (Å²) < 4.78 is 35.1. The standard InChI is InChI=1S/C11H16ClNO3S2/c1-2-7-18(15,16)8-6-17(14)11-9(12)4-3-5-10(11)13/h3-5H,2,6-8,13H2,1H3. The van der Waals surface area contributed by atoms with Gasteiger partial charge in [-0.25, -0.2) is 8.42 Å². The van der Waals surface area contributed by atoms with Crippen molar-refractivity contribution >= 4 is 37.9 Å². The third-order valence-corrected chi connectivity index (χ3v) is 6.35. The van der Waals surface area contributed by atoms with Crippen molar-refractivity contribution in [2.45, 2.75) is 18.2 Å². The van der Waals surface area contributed by atoms with Crippen molar-refractivity contribution < 1.29 is 12.6 Å². The predicted octanol–water partition coefficient (Wildman–Crippen LogP) is 1.85. The lowest BCUT2D eigenvalue weighted by molar-refractivity contribution is 0.595. The van der Waals surface area contributed by atoms with Crippen molar-refractivity contribution in [3.8, 4) is 0 Å². The number of halogens is 1. The molecule has 0 amide bonds. The first-order valence-corrected chi connectivity index (χ1v) is 9.02. The maximum atomic E-state index is 12.0. The number of sulfone groups is 1. The van der Waals surface area contributed by atoms with E-state index in [1.165, 1.54) is 0 Å². The molecule has 1 aromatic carbocycles. The molecule has 0 aromatic heterocycles. The highest BCUT2D eigenvalue weighted by Crippen LogP contribution is 2.25. The van der Waals surface area contributed by atoms with Crippen LogP contribution in [0.2, 0.25) is 5.02 Å². The van der Waals surface area contributed by atoms with Gasteiger partial charge in [-0.05, 0) is 18.6 Å². The smallest absolute Gasteiger partial charge is 0.151 e. The molecule has 4 nitrogen and oxygen atoms in total. The van der Waals surface area contributed by atoms with Crippen molar-refractivity contribution in [1.29, 1.82) is 0 Å². The maximum Gasteiger partial charge on any atom is 0.151 e. The van der Waals surface area contributed by atoms with E-state index in [1.807, 2.05) is 0 Å². The second kappa shape index (κ2) is 6.54. The minimum atomic E-state index is -3.14. The zero-order valence-corrected chi connectivity index (χ0v) is 12.4. The summed E-state index contributed by atoms with van der Waals surface area (Å²) in [6.07, 6.45) is 0.559. The van der Waals surface area contributed by atoms with Crippen LogP contribution in [0.25, 0.3) is 0 Å². The Morgan fingerprint density at radius 3 is 2.56 bits per heavy atom. The lowest BCUT2D eigenvalue weighted by Crippen LogP contribution is -2.17. The van der Waals surface area contributed by atoms with E-state index in [0.29, 0.717) is 22.0 Å². The van der Waals surface area contributed by atoms with Gasteiger partial charge in [0.05, 0.1) is 26.5 Å². The first-order valence-electron chi connectivity index (χ1n) is 5.50. The lowest BCUT2D eigenvalue weighted by atomic mass is 10.3. The van der Waals surface area contributed by atoms with Gasteiger partial charge in [0, 0.05) is 17.2 Å². The Morgan fingerprint density at radius 2 is 2.00 bits per heavy atom. The zero-order chi connectivity index (χ0) is 13.8. The van der Waals surface area contributed by atoms with E-state index in [4.69, 9.17) is 17.3 Å². The van der Waals surface area contributed by atoms with Gasteiger partial charge in [0.1, 0.15) is 0 Å². The summed E-state index contributed by atoms with van der Waals surface area (Å²) in [6, 6.07) is 4.84. The normalized spacial score (nSPS) is 13.4. The van der Waals surface area contributed by atoms with Crippen LogP contribution in [0.1, 0.15) is 13.3 Å². The third kappa shape index (κ3) is 4.26. The molecule has 0 aliphatic rings. The average molecular weight is 310 g/mol. The molecule has 1 unspecified atom stereocenters. The predicted molar refractivity (Wildman–Crippen MR) is 76.1 cm³/mol. The van der Waals surface area contributed by atoms with Crippen molar-refractivity contribution in [3.63, 3.8) is 0 Å². The van der Waals surface area contributed by atoms with Gasteiger partial charge in [-0.15, -0.1) is 0 Å². The Bertz CT molecular complexity index is 523. The van der Waals surface area contributed by atoms with Crippen molar-refractivity contribution in [2.24, 2.45) is 0 Å². The molecule has 0 saturated carbocycles. The summed E-state index contributed by atoms with van der Waals surface area (Å²) in [4.78, 5) is 0.325. The molecule has 0 fully saturated rings. The topological polar surface area (TPSA) is 77.2 Å². The van der Waals surface area contributed by atoms with Crippen LogP contribution in [0, 0.1) is 0 Å². The van der Waals surface area contributed by atoms with E-state index < -0.39 is 20.6 Å². The summed E-state index contributed by atoms with van der Waals surface area (Å²) in [7, 11) is -4.63. The third-order valence-electron chi connectivity index (χ3n) is 2.32. The number of hydrogen-bond donors (Lipinski definition) is 1. The summed E-state index contributed by atoms with van der Waals surface area (Å²) in [5.41, 5.74) is 6.02. The fourth-order valence-electron chi connectivity index (χ4n) is 1.48. The summed E-state index contributed by atoms with van der Waals surface area (Å²) in [5, 5.41) is 0.307. The molecule has 1 atom stereocenters. The van der Waals surface area contributed by atoms with Crippen molar-refractivity contribution in [3.05, 3.63) is 23.2 Å². The van der Waals surface area contributed by atoms with Crippen LogP contribution in [0.4, 0.5) is 5.69 Å². The summed E-state index contributed by atoms with van der Waals surface area (Å²) >= 11 is 5.91. The number of hydrogen-bond acceptors (Lipinski definition) is 4. The Kier molecular flexibility index (Phi) is 5.62. The Morgan fingerprint density at radius 1 is 1.33 bits per heavy atom. The highest BCUT2D eigenvalue weighted by Gasteiger charge is 2.16. The van der Waals surface area contributed by atoms with E-state index in [9.17, 15) is 12.6 Å². The maximum absolute atomic E-state index is 12.0. The molecule has 0 heterocycles. The zero-order valence-electron chi connectivity index (χ0n) is 10.1. The molecule has 1 rings (SSSR count). The largest absolute Gasteiger partial charge is 0.398 e. The SMILES string of the molecule is CCCS(=O)(=O)CCS(=O)c1c(N)cccc1Cl. The van der Waals surface area contributed by atoms with Gasteiger partial charge in [-0.1, -0.05) is 24.6 Å². The molecular weight excluding hydrogens is 294 g/mol. The average Bonchev–Trinajstić information content (AvgIpc) is 2.26. The van der Waals surface area contributed by atoms with Crippen LogP contribution in [-0.4, -0.2) is 29.9 Å². The number of rotatable bonds is 6. The molecule has 1 aromatic rings. The molecule has 0 saturated heterocycles. The molecule has 0 bridgehead atoms. The summed E-state index contributed by atoms with van der Waals surface area (Å²) in [5.74, 6) is 0.0244. The minimum Gasteiger partial charge on any atom is -0.398 e. The van der Waals surface area contributed by atoms with Crippen LogP contribution in [-0.2, 0) is 20.6 Å². The highest BCUT2D eigenvalue weighted by molar-refractivity contribution is 7.93. The molecule has 0 radical (unpaired) electrons. The fraction of sp³-hybridized carbons (Fsp3) is 0.455. The molecule has 18 heavy (non-hydrogen) atoms. The van der Waals surface area contributed by atoms with Crippen molar-refractivity contribution in [2.75, 3.05) is 23.0 Å². The van der Waals surface area contributed by atoms with Crippen LogP contribution in [0.15, 0.2) is 23.1 Å². The van der Waals surface area contributed by atoms with Gasteiger partial charge in [0.2, 0.25) is 0 Å². The van der Waals surface area contributed by atoms with Gasteiger partial charge in [-0.3, -0.25) is 4.21 Å². The van der Waals surface area contributed by atoms with Gasteiger partial charge >= 0.3 is 0 Å². The molecule has 0 aliphatic carbocycles. The van der Waals surface area contributed by atoms with E-state index in [1.54, 1.807) is 25.1 Å². The van der Waals surface area contributed by atoms with Gasteiger partial charge < -0.3 is 5.73 Å². The molecule has 102 valence electrons. The van der Waals surface area contributed by atoms with E-state index >= 15 is 0 Å². The fourth-order valence-corrected chi connectivity index (χ4v) is 5.19. The van der Waals surface area contributed by atoms with Crippen LogP contribution in [0.3, 0.4) is 0 Å². The minimum absolute atomic E-state index is 0.0241. The number of nitrogen functional groups attached to an aromatic ring is 1. The number of benzene rings is 1. The van der Waals surface area contributed by atoms with E-state index in [0.717, 1.165) is 0 Å².